The van der Waals surface area contributed by atoms with Gasteiger partial charge in [-0.2, -0.15) is 31.4 Å². The number of nitrogens with one attached hydrogen (secondary N) is 1. The highest BCUT2D eigenvalue weighted by atomic mass is 19.4. The van der Waals surface area contributed by atoms with Crippen LogP contribution in [0.4, 0.5) is 32.0 Å². The van der Waals surface area contributed by atoms with Crippen molar-refractivity contribution in [3.8, 4) is 5.69 Å². The summed E-state index contributed by atoms with van der Waals surface area (Å²) in [5.41, 5.74) is -2.01. The van der Waals surface area contributed by atoms with Gasteiger partial charge in [-0.05, 0) is 43.9 Å². The predicted molar refractivity (Wildman–Crippen MR) is 79.9 cm³/mol. The fraction of sp³-hybridized carbons (Fsp3) is 0.375. The van der Waals surface area contributed by atoms with Crippen LogP contribution in [0.5, 0.6) is 0 Å². The van der Waals surface area contributed by atoms with E-state index < -0.39 is 23.6 Å². The van der Waals surface area contributed by atoms with E-state index in [-0.39, 0.29) is 29.8 Å². The highest BCUT2D eigenvalue weighted by Crippen LogP contribution is 2.39. The number of benzene rings is 1. The number of nitrogens with zero attached hydrogens (tertiary/aromatic N) is 2. The number of hydrogen-bond donors (Lipinski definition) is 1. The van der Waals surface area contributed by atoms with E-state index in [0.717, 1.165) is 16.8 Å². The van der Waals surface area contributed by atoms with Crippen molar-refractivity contribution in [2.75, 3.05) is 5.32 Å². The number of rotatable bonds is 3. The average Bonchev–Trinajstić information content (AvgIpc) is 2.94. The molecule has 1 aromatic heterocycles. The molecule has 1 heterocycles. The van der Waals surface area contributed by atoms with Crippen molar-refractivity contribution in [3.05, 3.63) is 40.7 Å². The number of amides is 1. The summed E-state index contributed by atoms with van der Waals surface area (Å²) in [7, 11) is 0. The average molecular weight is 377 g/mol. The maximum Gasteiger partial charge on any atom is 0.435 e. The Morgan fingerprint density at radius 3 is 2.35 bits per heavy atom. The van der Waals surface area contributed by atoms with Gasteiger partial charge in [-0.3, -0.25) is 4.79 Å². The zero-order valence-electron chi connectivity index (χ0n) is 13.2. The van der Waals surface area contributed by atoms with Crippen LogP contribution in [0.2, 0.25) is 0 Å². The summed E-state index contributed by atoms with van der Waals surface area (Å²) in [4.78, 5) is 10.8. The molecule has 0 spiro atoms. The van der Waals surface area contributed by atoms with Gasteiger partial charge in [0.1, 0.15) is 0 Å². The number of hydrogen-bond acceptors (Lipinski definition) is 2. The number of halogens is 6. The monoisotopic (exact) mass is 377 g/mol. The Labute approximate surface area is 143 Å². The zero-order chi connectivity index (χ0) is 19.1. The maximum absolute atomic E-state index is 13.3. The first-order chi connectivity index (χ1) is 12.1. The lowest BCUT2D eigenvalue weighted by Crippen LogP contribution is -2.12. The molecule has 1 aliphatic rings. The molecule has 0 saturated heterocycles. The summed E-state index contributed by atoms with van der Waals surface area (Å²) in [6.45, 7) is 0. The highest BCUT2D eigenvalue weighted by molar-refractivity contribution is 5.78. The molecule has 10 heteroatoms. The fourth-order valence-electron chi connectivity index (χ4n) is 3.10. The lowest BCUT2D eigenvalue weighted by atomic mass is 9.95. The Kier molecular flexibility index (Phi) is 4.45. The second-order valence-electron chi connectivity index (χ2n) is 5.88. The van der Waals surface area contributed by atoms with E-state index in [1.54, 1.807) is 0 Å². The molecule has 2 aromatic rings. The molecular weight excluding hydrogens is 364 g/mol. The Bertz CT molecular complexity index is 838. The first-order valence-corrected chi connectivity index (χ1v) is 7.72. The molecule has 4 nitrogen and oxygen atoms in total. The van der Waals surface area contributed by atoms with E-state index in [1.165, 1.54) is 0 Å². The minimum absolute atomic E-state index is 0.0428. The van der Waals surface area contributed by atoms with Gasteiger partial charge in [-0.25, -0.2) is 4.68 Å². The second-order valence-corrected chi connectivity index (χ2v) is 5.88. The van der Waals surface area contributed by atoms with Crippen molar-refractivity contribution in [2.45, 2.75) is 38.0 Å². The Balaban J connectivity index is 2.20. The van der Waals surface area contributed by atoms with Crippen LogP contribution in [0.1, 0.15) is 35.4 Å². The van der Waals surface area contributed by atoms with Gasteiger partial charge in [0.2, 0.25) is 6.41 Å². The molecule has 0 atom stereocenters. The summed E-state index contributed by atoms with van der Waals surface area (Å²) in [6, 6.07) is 2.43. The van der Waals surface area contributed by atoms with Crippen LogP contribution in [0.25, 0.3) is 5.69 Å². The van der Waals surface area contributed by atoms with Gasteiger partial charge in [0, 0.05) is 11.3 Å². The Morgan fingerprint density at radius 1 is 1.04 bits per heavy atom. The van der Waals surface area contributed by atoms with Gasteiger partial charge < -0.3 is 5.32 Å². The lowest BCUT2D eigenvalue weighted by molar-refractivity contribution is -0.142. The zero-order valence-corrected chi connectivity index (χ0v) is 13.2. The molecule has 0 aliphatic heterocycles. The van der Waals surface area contributed by atoms with Gasteiger partial charge in [-0.15, -0.1) is 0 Å². The number of aromatic nitrogens is 2. The van der Waals surface area contributed by atoms with Gasteiger partial charge in [0.25, 0.3) is 0 Å². The largest absolute Gasteiger partial charge is 0.435 e. The van der Waals surface area contributed by atoms with E-state index in [2.05, 4.69) is 10.4 Å². The Morgan fingerprint density at radius 2 is 1.73 bits per heavy atom. The number of fused-ring (bicyclic) bond motifs is 1. The molecule has 1 aliphatic carbocycles. The molecule has 0 unspecified atom stereocenters. The molecule has 1 N–H and O–H groups in total. The van der Waals surface area contributed by atoms with Gasteiger partial charge in [0.15, 0.2) is 5.69 Å². The molecule has 1 amide bonds. The van der Waals surface area contributed by atoms with Gasteiger partial charge in [-0.1, -0.05) is 0 Å². The highest BCUT2D eigenvalue weighted by Gasteiger charge is 2.40. The summed E-state index contributed by atoms with van der Waals surface area (Å²) in [5.74, 6) is 0. The molecular formula is C16H13F6N3O. The van der Waals surface area contributed by atoms with Gasteiger partial charge in [0.05, 0.1) is 16.9 Å². The number of carbonyl (C=O) groups excluding carboxylic acids is 1. The predicted octanol–water partition coefficient (Wildman–Crippen LogP) is 4.36. The van der Waals surface area contributed by atoms with E-state index in [0.29, 0.717) is 31.0 Å². The van der Waals surface area contributed by atoms with Crippen LogP contribution in [-0.4, -0.2) is 16.2 Å². The van der Waals surface area contributed by atoms with E-state index >= 15 is 0 Å². The first-order valence-electron chi connectivity index (χ1n) is 7.72. The van der Waals surface area contributed by atoms with E-state index in [4.69, 9.17) is 0 Å². The van der Waals surface area contributed by atoms with Crippen LogP contribution >= 0.6 is 0 Å². The van der Waals surface area contributed by atoms with Crippen molar-refractivity contribution in [1.82, 2.24) is 9.78 Å². The third kappa shape index (κ3) is 3.27. The minimum Gasteiger partial charge on any atom is -0.327 e. The van der Waals surface area contributed by atoms with E-state index in [1.807, 2.05) is 0 Å². The molecule has 0 radical (unpaired) electrons. The quantitative estimate of drug-likeness (QED) is 0.638. The van der Waals surface area contributed by atoms with Crippen LogP contribution in [0, 0.1) is 0 Å². The normalized spacial score (nSPS) is 14.8. The van der Waals surface area contributed by atoms with Crippen molar-refractivity contribution in [2.24, 2.45) is 0 Å². The number of carbonyl (C=O) groups is 1. The van der Waals surface area contributed by atoms with Crippen LogP contribution in [0.3, 0.4) is 0 Å². The number of alkyl halides is 6. The number of anilines is 1. The topological polar surface area (TPSA) is 46.9 Å². The van der Waals surface area contributed by atoms with Crippen LogP contribution in [0.15, 0.2) is 18.2 Å². The smallest absolute Gasteiger partial charge is 0.327 e. The SMILES string of the molecule is O=CNc1cc(C(F)(F)F)ccc1-n1nc(C(F)(F)F)c2c1CCCC2. The third-order valence-corrected chi connectivity index (χ3v) is 4.22. The molecule has 0 bridgehead atoms. The standard InChI is InChI=1S/C16H13F6N3O/c17-15(18,19)9-5-6-13(11(7-9)23-8-26)25-12-4-2-1-3-10(12)14(24-25)16(20,21)22/h5-8H,1-4H2,(H,23,26). The minimum atomic E-state index is -4.67. The Hall–Kier alpha value is -2.52. The summed E-state index contributed by atoms with van der Waals surface area (Å²) in [6.07, 6.45) is -7.42. The third-order valence-electron chi connectivity index (χ3n) is 4.22. The summed E-state index contributed by atoms with van der Waals surface area (Å²) >= 11 is 0. The van der Waals surface area contributed by atoms with Crippen molar-refractivity contribution < 1.29 is 31.1 Å². The van der Waals surface area contributed by atoms with Gasteiger partial charge >= 0.3 is 12.4 Å². The molecule has 26 heavy (non-hydrogen) atoms. The molecule has 0 saturated carbocycles. The van der Waals surface area contributed by atoms with Crippen LogP contribution in [-0.2, 0) is 30.0 Å². The van der Waals surface area contributed by atoms with Crippen molar-refractivity contribution >= 4 is 12.1 Å². The molecule has 1 aromatic carbocycles. The van der Waals surface area contributed by atoms with Crippen LogP contribution < -0.4 is 5.32 Å². The molecule has 140 valence electrons. The van der Waals surface area contributed by atoms with E-state index in [9.17, 15) is 31.1 Å². The van der Waals surface area contributed by atoms with Crippen molar-refractivity contribution in [3.63, 3.8) is 0 Å². The first kappa shape index (κ1) is 18.3. The molecule has 0 fully saturated rings. The fourth-order valence-corrected chi connectivity index (χ4v) is 3.10. The summed E-state index contributed by atoms with van der Waals surface area (Å²) in [5, 5.41) is 5.74. The molecule has 3 rings (SSSR count). The maximum atomic E-state index is 13.3. The van der Waals surface area contributed by atoms with Crippen molar-refractivity contribution in [1.29, 1.82) is 0 Å². The second kappa shape index (κ2) is 6.33. The summed E-state index contributed by atoms with van der Waals surface area (Å²) < 4.78 is 79.5. The lowest BCUT2D eigenvalue weighted by Gasteiger charge is -2.17.